The summed E-state index contributed by atoms with van der Waals surface area (Å²) >= 11 is 0. The van der Waals surface area contributed by atoms with Crippen LogP contribution >= 0.6 is 0 Å². The molecule has 0 atom stereocenters. The summed E-state index contributed by atoms with van der Waals surface area (Å²) in [5.74, 6) is 0. The van der Waals surface area contributed by atoms with Gasteiger partial charge < -0.3 is 4.90 Å². The number of hydrogen-bond acceptors (Lipinski definition) is 3. The molecule has 0 bridgehead atoms. The first kappa shape index (κ1) is 18.9. The van der Waals surface area contributed by atoms with E-state index in [-0.39, 0.29) is 0 Å². The summed E-state index contributed by atoms with van der Waals surface area (Å²) in [5.41, 5.74) is 8.73. The van der Waals surface area contributed by atoms with Crippen LogP contribution in [0.1, 0.15) is 17.0 Å². The normalized spacial score (nSPS) is 15.7. The molecule has 0 unspecified atom stereocenters. The van der Waals surface area contributed by atoms with Crippen molar-refractivity contribution in [1.82, 2.24) is 14.9 Å². The van der Waals surface area contributed by atoms with Crippen LogP contribution in [0.25, 0.3) is 16.7 Å². The number of hydrogen-bond donors (Lipinski definition) is 0. The summed E-state index contributed by atoms with van der Waals surface area (Å²) < 4.78 is 2.05. The monoisotopic (exact) mass is 403 g/mol. The number of allylic oxidation sites excluding steroid dienone is 8. The van der Waals surface area contributed by atoms with Gasteiger partial charge in [0, 0.05) is 55.1 Å². The maximum absolute atomic E-state index is 4.72. The molecule has 1 aliphatic carbocycles. The van der Waals surface area contributed by atoms with Gasteiger partial charge in [-0.15, -0.1) is 0 Å². The fourth-order valence-corrected chi connectivity index (χ4v) is 3.93. The quantitative estimate of drug-likeness (QED) is 0.600. The molecule has 4 heteroatoms. The number of nitrogens with zero attached hydrogens (tertiary/aromatic N) is 4. The molecular weight excluding hydrogens is 380 g/mol. The largest absolute Gasteiger partial charge is 0.357 e. The van der Waals surface area contributed by atoms with Crippen molar-refractivity contribution in [3.05, 3.63) is 132 Å². The lowest BCUT2D eigenvalue weighted by Crippen LogP contribution is -2.25. The third-order valence-corrected chi connectivity index (χ3v) is 5.50. The van der Waals surface area contributed by atoms with Crippen LogP contribution in [0.3, 0.4) is 0 Å². The van der Waals surface area contributed by atoms with Gasteiger partial charge in [0.15, 0.2) is 12.4 Å². The van der Waals surface area contributed by atoms with Crippen LogP contribution in [-0.2, 0) is 7.05 Å². The van der Waals surface area contributed by atoms with Crippen LogP contribution < -0.4 is 4.57 Å². The Morgan fingerprint density at radius 2 is 1.39 bits per heavy atom. The molecule has 31 heavy (non-hydrogen) atoms. The minimum absolute atomic E-state index is 0.944. The van der Waals surface area contributed by atoms with Crippen LogP contribution in [0.15, 0.2) is 115 Å². The molecule has 1 aliphatic heterocycles. The molecule has 4 heterocycles. The van der Waals surface area contributed by atoms with Crippen molar-refractivity contribution in [2.24, 2.45) is 7.05 Å². The van der Waals surface area contributed by atoms with Gasteiger partial charge in [-0.2, -0.15) is 0 Å². The van der Waals surface area contributed by atoms with Gasteiger partial charge in [0.25, 0.3) is 0 Å². The Hall–Kier alpha value is -4.05. The highest BCUT2D eigenvalue weighted by atomic mass is 15.0. The Bertz CT molecular complexity index is 1250. The topological polar surface area (TPSA) is 32.9 Å². The first-order chi connectivity index (χ1) is 15.2. The first-order valence-electron chi connectivity index (χ1n) is 10.3. The highest BCUT2D eigenvalue weighted by Gasteiger charge is 2.28. The van der Waals surface area contributed by atoms with Gasteiger partial charge in [-0.05, 0) is 64.8 Å². The fraction of sp³-hybridized carbons (Fsp3) is 0.0741. The third-order valence-electron chi connectivity index (χ3n) is 5.50. The summed E-state index contributed by atoms with van der Waals surface area (Å²) in [4.78, 5) is 11.5. The van der Waals surface area contributed by atoms with E-state index in [1.807, 2.05) is 60.2 Å². The number of pyridine rings is 3. The van der Waals surface area contributed by atoms with Gasteiger partial charge in [0.1, 0.15) is 7.05 Å². The molecule has 4 nitrogen and oxygen atoms in total. The Balaban J connectivity index is 1.83. The van der Waals surface area contributed by atoms with Gasteiger partial charge in [-0.25, -0.2) is 4.57 Å². The van der Waals surface area contributed by atoms with E-state index in [1.165, 1.54) is 0 Å². The maximum Gasteiger partial charge on any atom is 0.169 e. The molecule has 0 saturated heterocycles. The zero-order chi connectivity index (χ0) is 21.2. The lowest BCUT2D eigenvalue weighted by atomic mass is 9.93. The van der Waals surface area contributed by atoms with Crippen molar-refractivity contribution in [2.45, 2.75) is 0 Å². The minimum Gasteiger partial charge on any atom is -0.357 e. The van der Waals surface area contributed by atoms with E-state index in [2.05, 4.69) is 67.3 Å². The summed E-state index contributed by atoms with van der Waals surface area (Å²) in [5, 5.41) is 0. The Morgan fingerprint density at radius 3 is 1.97 bits per heavy atom. The summed E-state index contributed by atoms with van der Waals surface area (Å²) in [6, 6.07) is 16.4. The minimum atomic E-state index is 0.944. The van der Waals surface area contributed by atoms with Crippen LogP contribution in [0, 0.1) is 0 Å². The molecule has 3 aromatic heterocycles. The SMILES string of the molecule is CN1C=CC(=C2C=C(c3cc[n+](C)cc3)C(c3ccccn3)=C2c2ccccn2)C=C1. The Labute approximate surface area is 182 Å². The van der Waals surface area contributed by atoms with Gasteiger partial charge in [-0.3, -0.25) is 9.97 Å². The molecule has 0 N–H and O–H groups in total. The third kappa shape index (κ3) is 3.64. The summed E-state index contributed by atoms with van der Waals surface area (Å²) in [7, 11) is 4.06. The van der Waals surface area contributed by atoms with Crippen molar-refractivity contribution in [1.29, 1.82) is 0 Å². The zero-order valence-electron chi connectivity index (χ0n) is 17.6. The predicted octanol–water partition coefficient (Wildman–Crippen LogP) is 4.58. The van der Waals surface area contributed by atoms with Crippen LogP contribution in [0.2, 0.25) is 0 Å². The zero-order valence-corrected chi connectivity index (χ0v) is 17.6. The second kappa shape index (κ2) is 8.00. The smallest absolute Gasteiger partial charge is 0.169 e. The molecule has 150 valence electrons. The molecule has 2 aliphatic rings. The van der Waals surface area contributed by atoms with E-state index in [0.717, 1.165) is 44.8 Å². The molecule has 5 rings (SSSR count). The number of aryl methyl sites for hydroxylation is 1. The van der Waals surface area contributed by atoms with Gasteiger partial charge in [0.05, 0.1) is 11.4 Å². The second-order valence-electron chi connectivity index (χ2n) is 7.66. The van der Waals surface area contributed by atoms with Gasteiger partial charge in [-0.1, -0.05) is 12.1 Å². The van der Waals surface area contributed by atoms with Crippen LogP contribution in [-0.4, -0.2) is 21.9 Å². The molecule has 0 fully saturated rings. The van der Waals surface area contributed by atoms with Crippen molar-refractivity contribution in [3.63, 3.8) is 0 Å². The van der Waals surface area contributed by atoms with E-state index in [9.17, 15) is 0 Å². The molecular formula is C27H23N4+. The van der Waals surface area contributed by atoms with Gasteiger partial charge >= 0.3 is 0 Å². The van der Waals surface area contributed by atoms with Crippen molar-refractivity contribution in [3.8, 4) is 0 Å². The summed E-state index contributed by atoms with van der Waals surface area (Å²) in [6.45, 7) is 0. The Kier molecular flexibility index (Phi) is 4.89. The van der Waals surface area contributed by atoms with E-state index < -0.39 is 0 Å². The molecule has 0 spiro atoms. The maximum atomic E-state index is 4.72. The molecule has 0 saturated carbocycles. The van der Waals surface area contributed by atoms with Crippen molar-refractivity contribution >= 4 is 16.7 Å². The van der Waals surface area contributed by atoms with E-state index in [4.69, 9.17) is 9.97 Å². The number of aromatic nitrogens is 3. The molecule has 3 aromatic rings. The lowest BCUT2D eigenvalue weighted by Gasteiger charge is -2.16. The highest BCUT2D eigenvalue weighted by Crippen LogP contribution is 2.47. The average Bonchev–Trinajstić information content (AvgIpc) is 3.22. The predicted molar refractivity (Wildman–Crippen MR) is 124 cm³/mol. The first-order valence-corrected chi connectivity index (χ1v) is 10.3. The van der Waals surface area contributed by atoms with E-state index in [0.29, 0.717) is 0 Å². The van der Waals surface area contributed by atoms with Crippen LogP contribution in [0.5, 0.6) is 0 Å². The fourth-order valence-electron chi connectivity index (χ4n) is 3.93. The second-order valence-corrected chi connectivity index (χ2v) is 7.66. The van der Waals surface area contributed by atoms with Crippen LogP contribution in [0.4, 0.5) is 0 Å². The standard InChI is InChI=1S/C27H23N4/c1-30-15-9-20(10-16-30)22-19-23(21-11-17-31(2)18-12-21)27(25-8-4-6-14-29-25)26(22)24-7-3-5-13-28-24/h3-19H,1-2H3/q+1. The lowest BCUT2D eigenvalue weighted by molar-refractivity contribution is -0.671. The molecule has 0 aromatic carbocycles. The number of rotatable bonds is 3. The molecule has 0 amide bonds. The average molecular weight is 404 g/mol. The van der Waals surface area contributed by atoms with Crippen molar-refractivity contribution in [2.75, 3.05) is 7.05 Å². The Morgan fingerprint density at radius 1 is 0.774 bits per heavy atom. The van der Waals surface area contributed by atoms with Gasteiger partial charge in [0.2, 0.25) is 0 Å². The summed E-state index contributed by atoms with van der Waals surface area (Å²) in [6.07, 6.45) is 18.6. The highest BCUT2D eigenvalue weighted by molar-refractivity contribution is 6.23. The molecule has 0 radical (unpaired) electrons. The van der Waals surface area contributed by atoms with E-state index >= 15 is 0 Å². The van der Waals surface area contributed by atoms with Crippen molar-refractivity contribution < 1.29 is 4.57 Å². The van der Waals surface area contributed by atoms with E-state index in [1.54, 1.807) is 0 Å².